The molecule has 0 spiro atoms. The van der Waals surface area contributed by atoms with Gasteiger partial charge in [-0.25, -0.2) is 0 Å². The molecule has 0 aromatic heterocycles. The van der Waals surface area contributed by atoms with Crippen molar-refractivity contribution >= 4 is 0 Å². The van der Waals surface area contributed by atoms with Crippen LogP contribution in [0.1, 0.15) is 427 Å². The molecule has 0 saturated heterocycles. The molecule has 0 aliphatic heterocycles. The number of benzene rings is 6. The van der Waals surface area contributed by atoms with Crippen LogP contribution in [0.4, 0.5) is 0 Å². The fourth-order valence-electron chi connectivity index (χ4n) is 21.1. The Labute approximate surface area is 651 Å². The van der Waals surface area contributed by atoms with E-state index in [2.05, 4.69) is 327 Å². The maximum absolute atomic E-state index is 2.49. The van der Waals surface area contributed by atoms with Crippen molar-refractivity contribution in [1.82, 2.24) is 0 Å². The molecule has 13 rings (SSSR count). The third-order valence-corrected chi connectivity index (χ3v) is 26.3. The monoisotopic (exact) mass is 1420 g/mol. The highest BCUT2D eigenvalue weighted by molar-refractivity contribution is 5.80. The summed E-state index contributed by atoms with van der Waals surface area (Å²) in [7, 11) is 0. The van der Waals surface area contributed by atoms with Gasteiger partial charge in [0.25, 0.3) is 0 Å². The summed E-state index contributed by atoms with van der Waals surface area (Å²) in [6.45, 7) is 66.0. The fraction of sp³-hybridized carbons (Fsp3) is 0.657. The summed E-state index contributed by atoms with van der Waals surface area (Å²) in [5, 5.41) is 0. The third-order valence-electron chi connectivity index (χ3n) is 26.3. The summed E-state index contributed by atoms with van der Waals surface area (Å²) < 4.78 is 0. The smallest absolute Gasteiger partial charge is 0.0120 e. The Hall–Kier alpha value is -4.68. The lowest BCUT2D eigenvalue weighted by molar-refractivity contribution is -0.113. The van der Waals surface area contributed by atoms with Gasteiger partial charge in [-0.3, -0.25) is 0 Å². The lowest BCUT2D eigenvalue weighted by Crippen LogP contribution is -2.51. The molecule has 0 amide bonds. The first-order chi connectivity index (χ1) is 49.0. The van der Waals surface area contributed by atoms with E-state index in [0.717, 1.165) is 40.9 Å². The maximum Gasteiger partial charge on any atom is -0.0120 e. The van der Waals surface area contributed by atoms with Crippen molar-refractivity contribution < 1.29 is 0 Å². The molecule has 0 atom stereocenters. The summed E-state index contributed by atoms with van der Waals surface area (Å²) in [5.41, 5.74) is 24.2. The molecule has 7 aliphatic rings. The van der Waals surface area contributed by atoms with Gasteiger partial charge in [0.15, 0.2) is 0 Å². The van der Waals surface area contributed by atoms with Gasteiger partial charge in [0, 0.05) is 0 Å². The second-order valence-corrected chi connectivity index (χ2v) is 42.8. The van der Waals surface area contributed by atoms with E-state index in [-0.39, 0.29) is 32.5 Å². The molecule has 4 bridgehead atoms. The van der Waals surface area contributed by atoms with Gasteiger partial charge >= 0.3 is 0 Å². The van der Waals surface area contributed by atoms with E-state index in [1.165, 1.54) is 160 Å². The van der Waals surface area contributed by atoms with Crippen LogP contribution in [-0.2, 0) is 32.5 Å². The molecule has 0 heteroatoms. The number of rotatable bonds is 10. The van der Waals surface area contributed by atoms with Crippen LogP contribution < -0.4 is 0 Å². The minimum absolute atomic E-state index is 0.0810. The van der Waals surface area contributed by atoms with Crippen LogP contribution >= 0.6 is 0 Å². The molecule has 7 fully saturated rings. The quantitative estimate of drug-likeness (QED) is 0.128. The number of hydrogen-bond donors (Lipinski definition) is 0. The first kappa shape index (κ1) is 87.5. The van der Waals surface area contributed by atoms with Crippen LogP contribution in [0.15, 0.2) is 133 Å². The topological polar surface area (TPSA) is 0 Å². The zero-order chi connectivity index (χ0) is 77.7. The maximum atomic E-state index is 2.49. The van der Waals surface area contributed by atoms with Crippen LogP contribution in [0.3, 0.4) is 0 Å². The Kier molecular flexibility index (Phi) is 30.8. The molecule has 0 N–H and O–H groups in total. The molecule has 6 aromatic rings. The lowest BCUT2D eigenvalue weighted by atomic mass is 9.43. The van der Waals surface area contributed by atoms with Gasteiger partial charge in [0.1, 0.15) is 0 Å². The van der Waals surface area contributed by atoms with E-state index in [4.69, 9.17) is 0 Å². The van der Waals surface area contributed by atoms with E-state index in [1.54, 1.807) is 71.9 Å². The first-order valence-electron chi connectivity index (χ1n) is 43.6. The first-order valence-corrected chi connectivity index (χ1v) is 43.6. The second kappa shape index (κ2) is 36.9. The average molecular weight is 1420 g/mol. The minimum atomic E-state index is 0.0810. The molecular weight excluding hydrogens is 1260 g/mol. The van der Waals surface area contributed by atoms with Crippen molar-refractivity contribution in [1.29, 1.82) is 0 Å². The lowest BCUT2D eigenvalue weighted by Gasteiger charge is -2.62. The molecule has 7 aliphatic carbocycles. The van der Waals surface area contributed by atoms with E-state index in [9.17, 15) is 0 Å². The van der Waals surface area contributed by atoms with Crippen molar-refractivity contribution in [2.24, 2.45) is 39.9 Å². The van der Waals surface area contributed by atoms with Crippen LogP contribution in [0.5, 0.6) is 0 Å². The summed E-state index contributed by atoms with van der Waals surface area (Å²) in [6.07, 6.45) is 34.6. The van der Waals surface area contributed by atoms with E-state index >= 15 is 0 Å². The largest absolute Gasteiger partial charge is 0.0648 e. The molecule has 105 heavy (non-hydrogen) atoms. The van der Waals surface area contributed by atoms with Crippen molar-refractivity contribution in [2.75, 3.05) is 0 Å². The van der Waals surface area contributed by atoms with Crippen molar-refractivity contribution in [3.63, 3.8) is 0 Å². The van der Waals surface area contributed by atoms with Gasteiger partial charge < -0.3 is 0 Å². The molecular formula is C105H162. The molecule has 6 aromatic carbocycles. The minimum Gasteiger partial charge on any atom is -0.0648 e. The van der Waals surface area contributed by atoms with Crippen LogP contribution in [0.2, 0.25) is 0 Å². The summed E-state index contributed by atoms with van der Waals surface area (Å²) >= 11 is 0. The second-order valence-electron chi connectivity index (χ2n) is 42.8. The Morgan fingerprint density at radius 3 is 0.914 bits per heavy atom. The molecule has 7 saturated carbocycles. The van der Waals surface area contributed by atoms with Crippen molar-refractivity contribution in [2.45, 2.75) is 404 Å². The normalized spacial score (nSPS) is 20.5. The summed E-state index contributed by atoms with van der Waals surface area (Å²) in [5.74, 6) is 7.41. The van der Waals surface area contributed by atoms with Crippen LogP contribution in [-0.4, -0.2) is 0 Å². The number of hydrogen-bond acceptors (Lipinski definition) is 0. The predicted octanol–water partition coefficient (Wildman–Crippen LogP) is 33.2. The molecule has 0 unspecified atom stereocenters. The van der Waals surface area contributed by atoms with E-state index < -0.39 is 0 Å². The van der Waals surface area contributed by atoms with Gasteiger partial charge in [-0.05, 0) is 277 Å². The van der Waals surface area contributed by atoms with E-state index in [0.29, 0.717) is 22.7 Å². The molecule has 0 heterocycles. The average Bonchev–Trinajstić information content (AvgIpc) is 0.782. The Morgan fingerprint density at radius 1 is 0.305 bits per heavy atom. The van der Waals surface area contributed by atoms with Gasteiger partial charge in [-0.2, -0.15) is 0 Å². The summed E-state index contributed by atoms with van der Waals surface area (Å²) in [4.78, 5) is 0. The Balaban J connectivity index is 0.000000179. The van der Waals surface area contributed by atoms with Crippen LogP contribution in [0.25, 0.3) is 22.3 Å². The highest BCUT2D eigenvalue weighted by Crippen LogP contribution is 2.66. The fourth-order valence-corrected chi connectivity index (χ4v) is 21.1. The highest BCUT2D eigenvalue weighted by Gasteiger charge is 2.55. The van der Waals surface area contributed by atoms with Crippen molar-refractivity contribution in [3.8, 4) is 22.3 Å². The predicted molar refractivity (Wildman–Crippen MR) is 469 cm³/mol. The Morgan fingerprint density at radius 2 is 0.619 bits per heavy atom. The summed E-state index contributed by atoms with van der Waals surface area (Å²) in [6, 6.07) is 49.1. The van der Waals surface area contributed by atoms with Gasteiger partial charge in [0.2, 0.25) is 0 Å². The molecule has 0 nitrogen and oxygen atoms in total. The van der Waals surface area contributed by atoms with Gasteiger partial charge in [-0.15, -0.1) is 0 Å². The van der Waals surface area contributed by atoms with Crippen molar-refractivity contribution in [3.05, 3.63) is 189 Å². The van der Waals surface area contributed by atoms with Gasteiger partial charge in [-0.1, -0.05) is 379 Å². The van der Waals surface area contributed by atoms with Crippen LogP contribution in [0, 0.1) is 39.9 Å². The zero-order valence-corrected chi connectivity index (χ0v) is 73.8. The van der Waals surface area contributed by atoms with E-state index in [1.807, 2.05) is 0 Å². The molecule has 582 valence electrons. The van der Waals surface area contributed by atoms with Gasteiger partial charge in [0.05, 0.1) is 0 Å². The highest BCUT2D eigenvalue weighted by atomic mass is 14.6. The Bertz CT molecular complexity index is 3340. The zero-order valence-electron chi connectivity index (χ0n) is 73.8. The third kappa shape index (κ3) is 23.4. The standard InChI is InChI=1S/C22H34.C22H22.C20H34.C18H30.C14H24.C9H18/c2*1-22(2,3)21-19(17-11-6-4-7-12-17)15-10-16-20(21)18-13-8-5-9-14-18;1-8-15(9-2)17-13-12-14-18(16(10-3)11-4)19(17)20(5,6)7;1-16(2,3)13-11-10-12-14(17(4,5)6)15(13)18(7,8)9;1-13(2,3)14-7-10-4-11(8-14)6-12(5-10)9-14;1-9(2,3)8-6-4-5-7-8/h10,15-18H,4-9,11-14H2,1-3H3;4-16H,1-3H3;12-16H,8-11H2,1-7H3;10-12H,1-9H3;10-12H,4-9H2,1-3H3;8H,4-7H2,1-3H3. The molecule has 0 radical (unpaired) electrons. The SMILES string of the molecule is CC(C)(C)C12CC3CC(CC(C3)C1)C2.CC(C)(C)C1CCCC1.CC(C)(C)c1c(-c2ccccc2)cccc1-c1ccccc1.CC(C)(C)c1c(C2CCCCC2)cccc1C1CCCCC1.CC(C)(C)c1cccc(C(C)(C)C)c1C(C)(C)C.CCC(CC)c1cccc(C(CC)CC)c1C(C)(C)C.